The van der Waals surface area contributed by atoms with Gasteiger partial charge in [0.2, 0.25) is 5.89 Å². The average molecular weight is 695 g/mol. The van der Waals surface area contributed by atoms with E-state index in [0.29, 0.717) is 27.8 Å². The highest BCUT2D eigenvalue weighted by Crippen LogP contribution is 2.38. The molecule has 46 heavy (non-hydrogen) atoms. The molecule has 0 bridgehead atoms. The van der Waals surface area contributed by atoms with Crippen LogP contribution >= 0.6 is 34.8 Å². The minimum Gasteiger partial charge on any atom is -0.489 e. The number of ether oxygens (including phenoxy) is 3. The summed E-state index contributed by atoms with van der Waals surface area (Å²) in [6.45, 7) is 8.96. The van der Waals surface area contributed by atoms with Crippen LogP contribution in [0.15, 0.2) is 44.8 Å². The van der Waals surface area contributed by atoms with Crippen LogP contribution in [0.25, 0.3) is 5.69 Å². The number of amides is 2. The molecule has 0 atom stereocenters. The third-order valence-corrected chi connectivity index (χ3v) is 7.68. The molecule has 10 nitrogen and oxygen atoms in total. The molecule has 0 spiro atoms. The summed E-state index contributed by atoms with van der Waals surface area (Å²) in [6.07, 6.45) is 8.15. The highest BCUT2D eigenvalue weighted by molar-refractivity contribution is 6.36. The Labute approximate surface area is 279 Å². The van der Waals surface area contributed by atoms with Gasteiger partial charge >= 0.3 is 17.8 Å². The molecule has 1 aliphatic carbocycles. The molecule has 2 heterocycles. The molecule has 1 aliphatic heterocycles. The Bertz CT molecular complexity index is 1790. The number of carbonyl (C=O) groups excluding carboxylic acids is 2. The van der Waals surface area contributed by atoms with Crippen LogP contribution in [0.1, 0.15) is 66.2 Å². The molecule has 2 fully saturated rings. The van der Waals surface area contributed by atoms with Crippen molar-refractivity contribution in [2.45, 2.75) is 71.8 Å². The lowest BCUT2D eigenvalue weighted by atomic mass is 9.97. The zero-order chi connectivity index (χ0) is 33.9. The van der Waals surface area contributed by atoms with Crippen LogP contribution in [0.3, 0.4) is 0 Å². The first-order valence-electron chi connectivity index (χ1n) is 14.2. The number of nitrogens with zero attached hydrogens (tertiary/aromatic N) is 3. The number of anilines is 1. The number of rotatable bonds is 6. The van der Waals surface area contributed by atoms with E-state index in [1.54, 1.807) is 13.8 Å². The van der Waals surface area contributed by atoms with Crippen LogP contribution < -0.4 is 20.1 Å². The maximum absolute atomic E-state index is 14.3. The third kappa shape index (κ3) is 7.69. The van der Waals surface area contributed by atoms with Gasteiger partial charge in [-0.25, -0.2) is 18.9 Å². The van der Waals surface area contributed by atoms with Crippen molar-refractivity contribution in [3.05, 3.63) is 72.9 Å². The highest BCUT2D eigenvalue weighted by atomic mass is 35.5. The zero-order valence-corrected chi connectivity index (χ0v) is 28.0. The molecule has 0 unspecified atom stereocenters. The van der Waals surface area contributed by atoms with Crippen molar-refractivity contribution in [2.75, 3.05) is 11.5 Å². The van der Waals surface area contributed by atoms with Gasteiger partial charge < -0.3 is 18.6 Å². The summed E-state index contributed by atoms with van der Waals surface area (Å²) >= 11 is 18.2. The Morgan fingerprint density at radius 1 is 1.02 bits per heavy atom. The number of allylic oxidation sites excluding steroid dienone is 1. The zero-order valence-electron chi connectivity index (χ0n) is 25.7. The molecule has 5 rings (SSSR count). The Morgan fingerprint density at radius 3 is 2.22 bits per heavy atom. The first kappa shape index (κ1) is 34.9. The first-order chi connectivity index (χ1) is 21.6. The summed E-state index contributed by atoms with van der Waals surface area (Å²) in [4.78, 5) is 37.0. The Morgan fingerprint density at radius 2 is 1.65 bits per heavy atom. The van der Waals surface area contributed by atoms with Crippen LogP contribution in [0.2, 0.25) is 15.1 Å². The van der Waals surface area contributed by atoms with Gasteiger partial charge in [0.05, 0.1) is 32.5 Å². The van der Waals surface area contributed by atoms with Crippen molar-refractivity contribution >= 4 is 52.5 Å². The monoisotopic (exact) mass is 693 g/mol. The van der Waals surface area contributed by atoms with E-state index in [0.717, 1.165) is 36.4 Å². The largest absolute Gasteiger partial charge is 0.489 e. The Kier molecular flexibility index (Phi) is 10.8. The second kappa shape index (κ2) is 14.2. The van der Waals surface area contributed by atoms with Gasteiger partial charge in [-0.1, -0.05) is 61.5 Å². The minimum absolute atomic E-state index is 0.00962. The predicted molar refractivity (Wildman–Crippen MR) is 172 cm³/mol. The SMILES string of the molecule is C#CCOc1cc(-n2nc(C(C)(C)C)oc2=O)c(Cl)cc1Cl.CC(C)=C1OC(=O)N(c2cc(OC3CCCC3)c(Cl)cc2F)C1=O. The van der Waals surface area contributed by atoms with Crippen molar-refractivity contribution in [1.82, 2.24) is 9.78 Å². The normalized spacial score (nSPS) is 15.0. The van der Waals surface area contributed by atoms with Crippen molar-refractivity contribution in [1.29, 1.82) is 0 Å². The lowest BCUT2D eigenvalue weighted by Gasteiger charge is -2.18. The molecule has 1 aromatic heterocycles. The second-order valence-corrected chi connectivity index (χ2v) is 12.9. The number of hydrogen-bond donors (Lipinski definition) is 0. The molecular formula is C32H31Cl3FN3O7. The molecule has 2 aromatic carbocycles. The molecule has 2 aliphatic rings. The summed E-state index contributed by atoms with van der Waals surface area (Å²) in [7, 11) is 0. The van der Waals surface area contributed by atoms with Crippen molar-refractivity contribution < 1.29 is 32.6 Å². The van der Waals surface area contributed by atoms with Gasteiger partial charge in [-0.2, -0.15) is 4.68 Å². The van der Waals surface area contributed by atoms with Gasteiger partial charge in [-0.05, 0) is 57.2 Å². The molecule has 1 saturated carbocycles. The number of aromatic nitrogens is 2. The van der Waals surface area contributed by atoms with Gasteiger partial charge in [0, 0.05) is 17.5 Å². The van der Waals surface area contributed by atoms with Crippen molar-refractivity contribution in [3.8, 4) is 29.5 Å². The van der Waals surface area contributed by atoms with E-state index in [1.165, 1.54) is 18.2 Å². The number of terminal acetylenes is 1. The summed E-state index contributed by atoms with van der Waals surface area (Å²) < 4.78 is 36.6. The van der Waals surface area contributed by atoms with Gasteiger partial charge in [-0.3, -0.25) is 4.79 Å². The molecule has 1 saturated heterocycles. The first-order valence-corrected chi connectivity index (χ1v) is 15.3. The van der Waals surface area contributed by atoms with E-state index in [9.17, 15) is 18.8 Å². The number of hydrogen-bond acceptors (Lipinski definition) is 8. The van der Waals surface area contributed by atoms with Crippen LogP contribution in [0, 0.1) is 18.2 Å². The summed E-state index contributed by atoms with van der Waals surface area (Å²) in [5, 5.41) is 4.81. The smallest absolute Gasteiger partial charge is 0.442 e. The topological polar surface area (TPSA) is 113 Å². The number of benzene rings is 2. The van der Waals surface area contributed by atoms with Crippen molar-refractivity contribution in [2.24, 2.45) is 0 Å². The maximum atomic E-state index is 14.3. The van der Waals surface area contributed by atoms with E-state index in [1.807, 2.05) is 20.8 Å². The minimum atomic E-state index is -0.941. The number of cyclic esters (lactones) is 1. The highest BCUT2D eigenvalue weighted by Gasteiger charge is 2.40. The molecule has 2 amide bonds. The van der Waals surface area contributed by atoms with Gasteiger partial charge in [0.1, 0.15) is 23.9 Å². The fourth-order valence-corrected chi connectivity index (χ4v) is 5.21. The molecule has 3 aromatic rings. The van der Waals surface area contributed by atoms with Crippen molar-refractivity contribution in [3.63, 3.8) is 0 Å². The third-order valence-electron chi connectivity index (χ3n) is 6.79. The van der Waals surface area contributed by atoms with E-state index in [-0.39, 0.29) is 45.0 Å². The quantitative estimate of drug-likeness (QED) is 0.188. The fraction of sp³-hybridized carbons (Fsp3) is 0.375. The van der Waals surface area contributed by atoms with Crippen LogP contribution in [-0.4, -0.2) is 34.5 Å². The molecular weight excluding hydrogens is 664 g/mol. The van der Waals surface area contributed by atoms with Crippen LogP contribution in [0.4, 0.5) is 14.9 Å². The maximum Gasteiger partial charge on any atom is 0.442 e. The molecule has 0 N–H and O–H groups in total. The lowest BCUT2D eigenvalue weighted by molar-refractivity contribution is -0.114. The lowest BCUT2D eigenvalue weighted by Crippen LogP contribution is -2.29. The fourth-order valence-electron chi connectivity index (χ4n) is 4.49. The van der Waals surface area contributed by atoms with E-state index >= 15 is 0 Å². The molecule has 14 heteroatoms. The number of carbonyl (C=O) groups is 2. The standard InChI is InChI=1S/C17H17ClFNO4.C15H14Cl2N2O3/c1-9(2)15-16(21)20(17(22)24-15)13-8-14(11(18)7-12(13)19)23-10-5-3-4-6-10;1-5-6-21-12-8-11(9(16)7-10(12)17)19-14(20)22-13(18-19)15(2,3)4/h7-8,10H,3-6H2,1-2H3;1,7-8H,6H2,2-4H3. The van der Waals surface area contributed by atoms with Gasteiger partial charge in [0.15, 0.2) is 5.76 Å². The van der Waals surface area contributed by atoms with Gasteiger partial charge in [-0.15, -0.1) is 11.5 Å². The number of imide groups is 1. The Hall–Kier alpha value is -3.98. The van der Waals surface area contributed by atoms with Gasteiger partial charge in [0.25, 0.3) is 0 Å². The second-order valence-electron chi connectivity index (χ2n) is 11.7. The molecule has 244 valence electrons. The van der Waals surface area contributed by atoms with E-state index < -0.39 is 29.0 Å². The summed E-state index contributed by atoms with van der Waals surface area (Å²) in [5.41, 5.74) is 0.209. The number of halogens is 4. The van der Waals surface area contributed by atoms with Crippen LogP contribution in [-0.2, 0) is 14.9 Å². The summed E-state index contributed by atoms with van der Waals surface area (Å²) in [6, 6.07) is 5.28. The van der Waals surface area contributed by atoms with E-state index in [4.69, 9.17) is 59.9 Å². The summed E-state index contributed by atoms with van der Waals surface area (Å²) in [5.74, 6) is 0.979. The molecule has 0 radical (unpaired) electrons. The van der Waals surface area contributed by atoms with Crippen LogP contribution in [0.5, 0.6) is 11.5 Å². The predicted octanol–water partition coefficient (Wildman–Crippen LogP) is 8.02. The Balaban J connectivity index is 0.000000210. The average Bonchev–Trinajstić information content (AvgIpc) is 3.70. The van der Waals surface area contributed by atoms with E-state index in [2.05, 4.69) is 11.0 Å².